The van der Waals surface area contributed by atoms with Gasteiger partial charge in [0.15, 0.2) is 5.82 Å². The van der Waals surface area contributed by atoms with E-state index < -0.39 is 5.91 Å². The van der Waals surface area contributed by atoms with E-state index in [0.29, 0.717) is 17.9 Å². The third-order valence-corrected chi connectivity index (χ3v) is 4.70. The van der Waals surface area contributed by atoms with Gasteiger partial charge in [0.1, 0.15) is 12.3 Å². The first-order chi connectivity index (χ1) is 14.3. The highest BCUT2D eigenvalue weighted by Crippen LogP contribution is 2.16. The SMILES string of the molecule is Cc1cc(NC(=O)Cn2cc(C(=O)N(C)C[C@@H](C)c3ccccc3)ccc2=O)no1. The van der Waals surface area contributed by atoms with Crippen molar-refractivity contribution in [1.29, 1.82) is 0 Å². The highest BCUT2D eigenvalue weighted by molar-refractivity contribution is 5.94. The van der Waals surface area contributed by atoms with Gasteiger partial charge in [-0.3, -0.25) is 14.4 Å². The Morgan fingerprint density at radius 2 is 1.93 bits per heavy atom. The van der Waals surface area contributed by atoms with Crippen LogP contribution in [0.2, 0.25) is 0 Å². The molecule has 0 saturated carbocycles. The van der Waals surface area contributed by atoms with Crippen molar-refractivity contribution in [2.24, 2.45) is 0 Å². The van der Waals surface area contributed by atoms with E-state index in [-0.39, 0.29) is 29.7 Å². The summed E-state index contributed by atoms with van der Waals surface area (Å²) in [6.45, 7) is 4.04. The molecule has 1 N–H and O–H groups in total. The standard InChI is InChI=1S/C22H24N4O4/c1-15(17-7-5-4-6-8-17)12-25(3)22(29)18-9-10-21(28)26(13-18)14-20(27)23-19-11-16(2)30-24-19/h4-11,13,15H,12,14H2,1-3H3,(H,23,24,27)/t15-/m1/s1. The van der Waals surface area contributed by atoms with E-state index in [1.54, 1.807) is 24.9 Å². The summed E-state index contributed by atoms with van der Waals surface area (Å²) in [5, 5.41) is 6.24. The summed E-state index contributed by atoms with van der Waals surface area (Å²) < 4.78 is 6.09. The number of carbonyl (C=O) groups is 2. The lowest BCUT2D eigenvalue weighted by atomic mass is 10.0. The molecule has 2 heterocycles. The molecule has 0 radical (unpaired) electrons. The van der Waals surface area contributed by atoms with Gasteiger partial charge >= 0.3 is 0 Å². The Bertz CT molecular complexity index is 1090. The van der Waals surface area contributed by atoms with Crippen molar-refractivity contribution in [1.82, 2.24) is 14.6 Å². The summed E-state index contributed by atoms with van der Waals surface area (Å²) in [4.78, 5) is 38.8. The number of anilines is 1. The second kappa shape index (κ2) is 9.21. The molecule has 3 rings (SSSR count). The zero-order valence-electron chi connectivity index (χ0n) is 17.2. The minimum absolute atomic E-state index is 0.155. The number of nitrogens with zero attached hydrogens (tertiary/aromatic N) is 3. The monoisotopic (exact) mass is 408 g/mol. The molecular formula is C22H24N4O4. The number of likely N-dealkylation sites (N-methyl/N-ethyl adjacent to an activating group) is 1. The van der Waals surface area contributed by atoms with Gasteiger partial charge in [0, 0.05) is 31.9 Å². The third kappa shape index (κ3) is 5.22. The van der Waals surface area contributed by atoms with Crippen molar-refractivity contribution < 1.29 is 14.1 Å². The first kappa shape index (κ1) is 21.0. The fourth-order valence-corrected chi connectivity index (χ4v) is 3.14. The van der Waals surface area contributed by atoms with Crippen LogP contribution in [0.5, 0.6) is 0 Å². The molecule has 8 heteroatoms. The Morgan fingerprint density at radius 1 is 1.20 bits per heavy atom. The van der Waals surface area contributed by atoms with Crippen LogP contribution in [0.4, 0.5) is 5.82 Å². The molecular weight excluding hydrogens is 384 g/mol. The normalized spacial score (nSPS) is 11.7. The van der Waals surface area contributed by atoms with Gasteiger partial charge in [0.25, 0.3) is 11.5 Å². The second-order valence-electron chi connectivity index (χ2n) is 7.25. The number of benzene rings is 1. The zero-order chi connectivity index (χ0) is 21.7. The Kier molecular flexibility index (Phi) is 6.46. The van der Waals surface area contributed by atoms with Crippen LogP contribution >= 0.6 is 0 Å². The van der Waals surface area contributed by atoms with Crippen molar-refractivity contribution in [3.63, 3.8) is 0 Å². The van der Waals surface area contributed by atoms with Gasteiger partial charge in [-0.15, -0.1) is 0 Å². The lowest BCUT2D eigenvalue weighted by molar-refractivity contribution is -0.116. The molecule has 0 spiro atoms. The number of rotatable bonds is 7. The minimum Gasteiger partial charge on any atom is -0.360 e. The molecule has 3 aromatic rings. The fraction of sp³-hybridized carbons (Fsp3) is 0.273. The second-order valence-corrected chi connectivity index (χ2v) is 7.25. The van der Waals surface area contributed by atoms with Crippen molar-refractivity contribution >= 4 is 17.6 Å². The van der Waals surface area contributed by atoms with Crippen molar-refractivity contribution in [2.75, 3.05) is 18.9 Å². The molecule has 0 fully saturated rings. The van der Waals surface area contributed by atoms with E-state index >= 15 is 0 Å². The number of hydrogen-bond acceptors (Lipinski definition) is 5. The average Bonchev–Trinajstić information content (AvgIpc) is 3.14. The average molecular weight is 408 g/mol. The summed E-state index contributed by atoms with van der Waals surface area (Å²) in [7, 11) is 1.72. The van der Waals surface area contributed by atoms with Gasteiger partial charge in [0.2, 0.25) is 5.91 Å². The smallest absolute Gasteiger partial charge is 0.255 e. The number of amides is 2. The topological polar surface area (TPSA) is 97.4 Å². The van der Waals surface area contributed by atoms with Crippen LogP contribution in [-0.2, 0) is 11.3 Å². The van der Waals surface area contributed by atoms with Crippen molar-refractivity contribution in [3.8, 4) is 0 Å². The van der Waals surface area contributed by atoms with Crippen molar-refractivity contribution in [3.05, 3.63) is 82.0 Å². The molecule has 30 heavy (non-hydrogen) atoms. The van der Waals surface area contributed by atoms with Crippen LogP contribution in [-0.4, -0.2) is 40.0 Å². The van der Waals surface area contributed by atoms with Crippen LogP contribution in [0.15, 0.2) is 64.0 Å². The van der Waals surface area contributed by atoms with Crippen LogP contribution in [0.1, 0.15) is 34.5 Å². The third-order valence-electron chi connectivity index (χ3n) is 4.70. The van der Waals surface area contributed by atoms with Crippen LogP contribution in [0.3, 0.4) is 0 Å². The molecule has 1 aromatic carbocycles. The first-order valence-electron chi connectivity index (χ1n) is 9.57. The first-order valence-corrected chi connectivity index (χ1v) is 9.57. The van der Waals surface area contributed by atoms with Crippen LogP contribution in [0, 0.1) is 6.92 Å². The molecule has 0 saturated heterocycles. The van der Waals surface area contributed by atoms with Crippen LogP contribution < -0.4 is 10.9 Å². The lowest BCUT2D eigenvalue weighted by Crippen LogP contribution is -2.32. The molecule has 0 bridgehead atoms. The summed E-state index contributed by atoms with van der Waals surface area (Å²) >= 11 is 0. The Labute approximate surface area is 174 Å². The molecule has 0 aliphatic carbocycles. The van der Waals surface area contributed by atoms with Gasteiger partial charge in [0.05, 0.1) is 5.56 Å². The molecule has 2 aromatic heterocycles. The molecule has 2 amide bonds. The number of aryl methyl sites for hydroxylation is 1. The Morgan fingerprint density at radius 3 is 2.60 bits per heavy atom. The number of aromatic nitrogens is 2. The quantitative estimate of drug-likeness (QED) is 0.648. The Balaban J connectivity index is 1.68. The maximum Gasteiger partial charge on any atom is 0.255 e. The Hall–Kier alpha value is -3.68. The van der Waals surface area contributed by atoms with Gasteiger partial charge in [-0.05, 0) is 24.5 Å². The summed E-state index contributed by atoms with van der Waals surface area (Å²) in [5.74, 6) is 0.318. The highest BCUT2D eigenvalue weighted by atomic mass is 16.5. The van der Waals surface area contributed by atoms with Crippen LogP contribution in [0.25, 0.3) is 0 Å². The predicted octanol–water partition coefficient (Wildman–Crippen LogP) is 2.66. The predicted molar refractivity (Wildman–Crippen MR) is 112 cm³/mol. The minimum atomic E-state index is -0.443. The number of nitrogens with one attached hydrogen (secondary N) is 1. The van der Waals surface area contributed by atoms with Gasteiger partial charge < -0.3 is 19.3 Å². The summed E-state index contributed by atoms with van der Waals surface area (Å²) in [5.41, 5.74) is 1.10. The summed E-state index contributed by atoms with van der Waals surface area (Å²) in [6.07, 6.45) is 1.40. The number of pyridine rings is 1. The maximum absolute atomic E-state index is 12.8. The van der Waals surface area contributed by atoms with E-state index in [4.69, 9.17) is 4.52 Å². The number of hydrogen-bond donors (Lipinski definition) is 1. The van der Waals surface area contributed by atoms with Gasteiger partial charge in [-0.1, -0.05) is 42.4 Å². The van der Waals surface area contributed by atoms with E-state index in [1.807, 2.05) is 30.3 Å². The molecule has 0 unspecified atom stereocenters. The molecule has 0 aliphatic rings. The highest BCUT2D eigenvalue weighted by Gasteiger charge is 2.17. The summed E-state index contributed by atoms with van der Waals surface area (Å²) in [6, 6.07) is 14.3. The lowest BCUT2D eigenvalue weighted by Gasteiger charge is -2.22. The molecule has 1 atom stereocenters. The van der Waals surface area contributed by atoms with E-state index in [9.17, 15) is 14.4 Å². The van der Waals surface area contributed by atoms with Gasteiger partial charge in [-0.2, -0.15) is 0 Å². The largest absolute Gasteiger partial charge is 0.360 e. The van der Waals surface area contributed by atoms with E-state index in [0.717, 1.165) is 5.56 Å². The van der Waals surface area contributed by atoms with E-state index in [1.165, 1.54) is 22.9 Å². The van der Waals surface area contributed by atoms with Crippen molar-refractivity contribution in [2.45, 2.75) is 26.3 Å². The zero-order valence-corrected chi connectivity index (χ0v) is 17.2. The molecule has 8 nitrogen and oxygen atoms in total. The maximum atomic E-state index is 12.8. The molecule has 156 valence electrons. The van der Waals surface area contributed by atoms with Gasteiger partial charge in [-0.25, -0.2) is 0 Å². The fourth-order valence-electron chi connectivity index (χ4n) is 3.14. The van der Waals surface area contributed by atoms with E-state index in [2.05, 4.69) is 17.4 Å². The number of carbonyl (C=O) groups excluding carboxylic acids is 2. The molecule has 0 aliphatic heterocycles.